The molecular weight excluding hydrogens is 346 g/mol. The van der Waals surface area contributed by atoms with Gasteiger partial charge < -0.3 is 10.2 Å². The molecule has 108 valence electrons. The highest BCUT2D eigenvalue weighted by Gasteiger charge is 2.32. The molecule has 0 aliphatic carbocycles. The molecule has 0 amide bonds. The maximum absolute atomic E-state index is 11.6. The third-order valence-electron chi connectivity index (χ3n) is 3.62. The third kappa shape index (κ3) is 2.16. The fourth-order valence-corrected chi connectivity index (χ4v) is 4.61. The van der Waals surface area contributed by atoms with E-state index in [2.05, 4.69) is 21.0 Å². The average molecular weight is 360 g/mol. The number of aromatic nitrogens is 2. The normalized spacial score (nSPS) is 21.4. The molecule has 6 nitrogen and oxygen atoms in total. The molecule has 1 fully saturated rings. The zero-order valence-corrected chi connectivity index (χ0v) is 13.2. The van der Waals surface area contributed by atoms with E-state index in [1.165, 1.54) is 0 Å². The fourth-order valence-electron chi connectivity index (χ4n) is 2.50. The molecule has 0 spiro atoms. The molecule has 0 bridgehead atoms. The van der Waals surface area contributed by atoms with Gasteiger partial charge in [-0.25, -0.2) is 13.1 Å². The van der Waals surface area contributed by atoms with Gasteiger partial charge in [-0.2, -0.15) is 5.10 Å². The maximum atomic E-state index is 11.6. The highest BCUT2D eigenvalue weighted by Crippen LogP contribution is 2.35. The van der Waals surface area contributed by atoms with E-state index in [1.807, 2.05) is 6.92 Å². The van der Waals surface area contributed by atoms with Crippen molar-refractivity contribution in [2.45, 2.75) is 19.4 Å². The number of nitrogens with two attached hydrogens (primary N) is 1. The maximum Gasteiger partial charge on any atom is 0.178 e. The summed E-state index contributed by atoms with van der Waals surface area (Å²) in [6, 6.07) is 1.62. The van der Waals surface area contributed by atoms with Crippen LogP contribution in [0.1, 0.15) is 18.0 Å². The Hall–Kier alpha value is -1.28. The van der Waals surface area contributed by atoms with Gasteiger partial charge in [0.1, 0.15) is 11.5 Å². The largest absolute Gasteiger partial charge is 0.457 e. The number of rotatable bonds is 2. The number of nitrogens with zero attached hydrogens (tertiary/aromatic N) is 2. The molecule has 1 aliphatic heterocycles. The molecule has 1 saturated heterocycles. The molecule has 1 atom stereocenters. The van der Waals surface area contributed by atoms with E-state index in [9.17, 15) is 8.42 Å². The second-order valence-corrected chi connectivity index (χ2v) is 7.92. The second kappa shape index (κ2) is 4.63. The van der Waals surface area contributed by atoms with Gasteiger partial charge >= 0.3 is 0 Å². The zero-order chi connectivity index (χ0) is 14.5. The van der Waals surface area contributed by atoms with Crippen molar-refractivity contribution in [1.29, 1.82) is 0 Å². The molecule has 1 aliphatic rings. The molecule has 0 aromatic carbocycles. The first-order chi connectivity index (χ1) is 9.39. The molecule has 0 saturated carbocycles. The van der Waals surface area contributed by atoms with E-state index < -0.39 is 9.84 Å². The second-order valence-electron chi connectivity index (χ2n) is 4.97. The molecule has 2 aromatic heterocycles. The number of halogens is 1. The Morgan fingerprint density at radius 1 is 1.55 bits per heavy atom. The number of hydrogen-bond donors (Lipinski definition) is 1. The zero-order valence-electron chi connectivity index (χ0n) is 10.8. The molecule has 20 heavy (non-hydrogen) atoms. The Morgan fingerprint density at radius 3 is 2.85 bits per heavy atom. The van der Waals surface area contributed by atoms with Gasteiger partial charge in [0.15, 0.2) is 14.5 Å². The van der Waals surface area contributed by atoms with E-state index in [0.717, 1.165) is 11.1 Å². The molecular formula is C12H14BrN3O3S. The first-order valence-electron chi connectivity index (χ1n) is 6.17. The van der Waals surface area contributed by atoms with Crippen LogP contribution in [0.2, 0.25) is 0 Å². The van der Waals surface area contributed by atoms with E-state index in [4.69, 9.17) is 10.2 Å². The van der Waals surface area contributed by atoms with Crippen molar-refractivity contribution in [3.05, 3.63) is 22.6 Å². The van der Waals surface area contributed by atoms with Crippen molar-refractivity contribution in [2.24, 2.45) is 0 Å². The van der Waals surface area contributed by atoms with Crippen LogP contribution < -0.4 is 5.73 Å². The van der Waals surface area contributed by atoms with Crippen LogP contribution in [0.25, 0.3) is 11.3 Å². The Labute approximate surface area is 125 Å². The van der Waals surface area contributed by atoms with Gasteiger partial charge in [-0.15, -0.1) is 0 Å². The van der Waals surface area contributed by atoms with Crippen LogP contribution in [0.5, 0.6) is 0 Å². The van der Waals surface area contributed by atoms with Crippen LogP contribution in [-0.4, -0.2) is 29.7 Å². The molecule has 2 N–H and O–H groups in total. The summed E-state index contributed by atoms with van der Waals surface area (Å²) in [5.41, 5.74) is 8.45. The van der Waals surface area contributed by atoms with Crippen LogP contribution in [0.3, 0.4) is 0 Å². The minimum absolute atomic E-state index is 0.102. The first kappa shape index (κ1) is 13.7. The van der Waals surface area contributed by atoms with Crippen molar-refractivity contribution >= 4 is 31.6 Å². The van der Waals surface area contributed by atoms with Crippen molar-refractivity contribution in [3.63, 3.8) is 0 Å². The van der Waals surface area contributed by atoms with Gasteiger partial charge in [-0.05, 0) is 35.3 Å². The van der Waals surface area contributed by atoms with E-state index in [0.29, 0.717) is 22.6 Å². The minimum Gasteiger partial charge on any atom is -0.457 e. The lowest BCUT2D eigenvalue weighted by Gasteiger charge is -2.10. The van der Waals surface area contributed by atoms with E-state index in [-0.39, 0.29) is 17.5 Å². The summed E-state index contributed by atoms with van der Waals surface area (Å²) in [7, 11) is -2.97. The van der Waals surface area contributed by atoms with Crippen molar-refractivity contribution in [3.8, 4) is 11.3 Å². The van der Waals surface area contributed by atoms with Gasteiger partial charge in [0, 0.05) is 5.56 Å². The van der Waals surface area contributed by atoms with Gasteiger partial charge in [0.2, 0.25) is 0 Å². The summed E-state index contributed by atoms with van der Waals surface area (Å²) in [6.07, 6.45) is 2.12. The van der Waals surface area contributed by atoms with Crippen LogP contribution in [0, 0.1) is 6.92 Å². The Balaban J connectivity index is 2.05. The van der Waals surface area contributed by atoms with Crippen LogP contribution in [-0.2, 0) is 9.84 Å². The third-order valence-corrected chi connectivity index (χ3v) is 5.99. The number of furan rings is 1. The topological polar surface area (TPSA) is 91.1 Å². The van der Waals surface area contributed by atoms with E-state index in [1.54, 1.807) is 17.0 Å². The van der Waals surface area contributed by atoms with E-state index >= 15 is 0 Å². The predicted molar refractivity (Wildman–Crippen MR) is 79.1 cm³/mol. The average Bonchev–Trinajstić information content (AvgIpc) is 3.02. The van der Waals surface area contributed by atoms with Crippen LogP contribution >= 0.6 is 15.9 Å². The number of hydrogen-bond acceptors (Lipinski definition) is 5. The Morgan fingerprint density at radius 2 is 2.30 bits per heavy atom. The first-order valence-corrected chi connectivity index (χ1v) is 8.79. The summed E-state index contributed by atoms with van der Waals surface area (Å²) in [5.74, 6) is 0.806. The Bertz CT molecular complexity index is 763. The summed E-state index contributed by atoms with van der Waals surface area (Å²) in [4.78, 5) is 0. The highest BCUT2D eigenvalue weighted by atomic mass is 79.9. The molecule has 0 radical (unpaired) electrons. The smallest absolute Gasteiger partial charge is 0.178 e. The molecule has 1 unspecified atom stereocenters. The van der Waals surface area contributed by atoms with Gasteiger partial charge in [-0.1, -0.05) is 0 Å². The number of anilines is 1. The minimum atomic E-state index is -2.97. The molecule has 2 aromatic rings. The van der Waals surface area contributed by atoms with Crippen LogP contribution in [0.4, 0.5) is 5.82 Å². The lowest BCUT2D eigenvalue weighted by Crippen LogP contribution is -2.14. The number of nitrogen functional groups attached to an aromatic ring is 1. The molecule has 3 heterocycles. The lowest BCUT2D eigenvalue weighted by molar-refractivity contribution is 0.507. The summed E-state index contributed by atoms with van der Waals surface area (Å²) in [6.45, 7) is 1.87. The van der Waals surface area contributed by atoms with Crippen molar-refractivity contribution in [1.82, 2.24) is 9.78 Å². The summed E-state index contributed by atoms with van der Waals surface area (Å²) < 4.78 is 30.6. The SMILES string of the molecule is Cc1c(-c2ccoc2Br)nn(C2CCS(=O)(=O)C2)c1N. The number of sulfone groups is 1. The van der Waals surface area contributed by atoms with Gasteiger partial charge in [-0.3, -0.25) is 0 Å². The highest BCUT2D eigenvalue weighted by molar-refractivity contribution is 9.10. The van der Waals surface area contributed by atoms with Gasteiger partial charge in [0.05, 0.1) is 29.4 Å². The van der Waals surface area contributed by atoms with Crippen LogP contribution in [0.15, 0.2) is 21.4 Å². The summed E-state index contributed by atoms with van der Waals surface area (Å²) >= 11 is 3.32. The quantitative estimate of drug-likeness (QED) is 0.886. The predicted octanol–water partition coefficient (Wildman–Crippen LogP) is 2.16. The summed E-state index contributed by atoms with van der Waals surface area (Å²) in [5, 5.41) is 4.50. The Kier molecular flexibility index (Phi) is 3.17. The fraction of sp³-hybridized carbons (Fsp3) is 0.417. The van der Waals surface area contributed by atoms with Crippen molar-refractivity contribution < 1.29 is 12.8 Å². The standard InChI is InChI=1S/C12H14BrN3O3S/c1-7-10(9-2-4-19-11(9)13)15-16(12(7)14)8-3-5-20(17,18)6-8/h2,4,8H,3,5-6,14H2,1H3. The van der Waals surface area contributed by atoms with Gasteiger partial charge in [0.25, 0.3) is 0 Å². The lowest BCUT2D eigenvalue weighted by atomic mass is 10.1. The molecule has 8 heteroatoms. The molecule has 3 rings (SSSR count). The monoisotopic (exact) mass is 359 g/mol. The van der Waals surface area contributed by atoms with Crippen molar-refractivity contribution in [2.75, 3.05) is 17.2 Å².